The fourth-order valence-electron chi connectivity index (χ4n) is 2.06. The summed E-state index contributed by atoms with van der Waals surface area (Å²) in [5.41, 5.74) is 0.449. The van der Waals surface area contributed by atoms with Crippen molar-refractivity contribution in [2.24, 2.45) is 0 Å². The zero-order valence-electron chi connectivity index (χ0n) is 11.1. The van der Waals surface area contributed by atoms with Crippen LogP contribution in [0.1, 0.15) is 0 Å². The topological polar surface area (TPSA) is 67.9 Å². The van der Waals surface area contributed by atoms with Gasteiger partial charge >= 0.3 is 0 Å². The summed E-state index contributed by atoms with van der Waals surface area (Å²) in [6.45, 7) is 0.960. The largest absolute Gasteiger partial charge is 0.486 e. The third-order valence-electron chi connectivity index (χ3n) is 3.07. The molecule has 2 aliphatic rings. The molecule has 0 unspecified atom stereocenters. The number of anilines is 1. The molecule has 1 saturated heterocycles. The average Bonchev–Trinajstić information content (AvgIpc) is 2.85. The zero-order chi connectivity index (χ0) is 14.8. The number of benzene rings is 1. The molecule has 112 valence electrons. The van der Waals surface area contributed by atoms with Crippen LogP contribution in [0.25, 0.3) is 0 Å². The van der Waals surface area contributed by atoms with E-state index in [4.69, 9.17) is 21.1 Å². The summed E-state index contributed by atoms with van der Waals surface area (Å²) < 4.78 is 10.9. The normalized spacial score (nSPS) is 17.0. The van der Waals surface area contributed by atoms with E-state index in [1.165, 1.54) is 16.7 Å². The van der Waals surface area contributed by atoms with Crippen LogP contribution in [0, 0.1) is 0 Å². The van der Waals surface area contributed by atoms with Crippen molar-refractivity contribution in [3.63, 3.8) is 0 Å². The molecule has 1 fully saturated rings. The minimum absolute atomic E-state index is 0.0244. The summed E-state index contributed by atoms with van der Waals surface area (Å²) >= 11 is 7.61. The lowest BCUT2D eigenvalue weighted by atomic mass is 10.2. The van der Waals surface area contributed by atoms with Gasteiger partial charge in [-0.15, -0.1) is 11.8 Å². The van der Waals surface area contributed by atoms with Crippen molar-refractivity contribution in [2.45, 2.75) is 0 Å². The first kappa shape index (κ1) is 14.3. The van der Waals surface area contributed by atoms with Gasteiger partial charge in [0.05, 0.1) is 22.3 Å². The summed E-state index contributed by atoms with van der Waals surface area (Å²) in [5, 5.41) is 3.07. The number of thioether (sulfide) groups is 1. The van der Waals surface area contributed by atoms with Gasteiger partial charge in [0.15, 0.2) is 11.5 Å². The molecule has 0 bridgehead atoms. The van der Waals surface area contributed by atoms with Crippen LogP contribution in [0.15, 0.2) is 12.1 Å². The quantitative estimate of drug-likeness (QED) is 0.912. The molecule has 0 spiro atoms. The van der Waals surface area contributed by atoms with Gasteiger partial charge in [0.25, 0.3) is 0 Å². The van der Waals surface area contributed by atoms with E-state index in [-0.39, 0.29) is 18.4 Å². The molecule has 6 nitrogen and oxygen atoms in total. The van der Waals surface area contributed by atoms with Gasteiger partial charge in [-0.1, -0.05) is 11.6 Å². The summed E-state index contributed by atoms with van der Waals surface area (Å²) in [5.74, 6) is 1.77. The number of nitrogens with one attached hydrogen (secondary N) is 1. The van der Waals surface area contributed by atoms with E-state index >= 15 is 0 Å². The van der Waals surface area contributed by atoms with Gasteiger partial charge in [0.1, 0.15) is 19.8 Å². The molecule has 0 radical (unpaired) electrons. The molecule has 1 aromatic rings. The number of fused-ring (bicyclic) bond motifs is 1. The molecule has 3 rings (SSSR count). The highest BCUT2D eigenvalue weighted by molar-refractivity contribution is 8.00. The lowest BCUT2D eigenvalue weighted by Gasteiger charge is -2.20. The molecule has 21 heavy (non-hydrogen) atoms. The first-order valence-corrected chi connectivity index (χ1v) is 7.91. The predicted octanol–water partition coefficient (Wildman–Crippen LogP) is 1.58. The Morgan fingerprint density at radius 1 is 1.33 bits per heavy atom. The third-order valence-corrected chi connectivity index (χ3v) is 4.32. The lowest BCUT2D eigenvalue weighted by molar-refractivity contribution is -0.130. The van der Waals surface area contributed by atoms with E-state index in [1.807, 2.05) is 0 Å². The second-order valence-corrected chi connectivity index (χ2v) is 5.96. The number of nitrogens with zero attached hydrogens (tertiary/aromatic N) is 1. The molecular weight excluding hydrogens is 316 g/mol. The maximum absolute atomic E-state index is 12.0. The van der Waals surface area contributed by atoms with Crippen molar-refractivity contribution in [2.75, 3.05) is 36.7 Å². The highest BCUT2D eigenvalue weighted by Gasteiger charge is 2.23. The molecule has 8 heteroatoms. The number of halogens is 1. The van der Waals surface area contributed by atoms with Crippen molar-refractivity contribution in [1.29, 1.82) is 0 Å². The van der Waals surface area contributed by atoms with Crippen LogP contribution >= 0.6 is 23.4 Å². The Labute approximate surface area is 130 Å². The molecule has 2 heterocycles. The Morgan fingerprint density at radius 2 is 2.05 bits per heavy atom. The molecule has 0 atom stereocenters. The second kappa shape index (κ2) is 6.03. The number of carbonyl (C=O) groups is 2. The van der Waals surface area contributed by atoms with Crippen molar-refractivity contribution in [3.8, 4) is 11.5 Å². The first-order valence-electron chi connectivity index (χ1n) is 6.38. The highest BCUT2D eigenvalue weighted by Crippen LogP contribution is 2.37. The summed E-state index contributed by atoms with van der Waals surface area (Å²) in [7, 11) is 0. The smallest absolute Gasteiger partial charge is 0.244 e. The summed E-state index contributed by atoms with van der Waals surface area (Å²) in [4.78, 5) is 25.0. The Hall–Kier alpha value is -1.60. The minimum atomic E-state index is -0.288. The standard InChI is InChI=1S/C13H13ClN2O4S/c14-8-3-10-11(20-2-1-19-10)4-9(8)15-12(17)5-16-7-21-6-13(16)18/h3-4H,1-2,5-7H2,(H,15,17). The molecular formula is C13H13ClN2O4S. The van der Waals surface area contributed by atoms with Crippen molar-refractivity contribution >= 4 is 40.9 Å². The Balaban J connectivity index is 1.69. The van der Waals surface area contributed by atoms with Crippen molar-refractivity contribution in [1.82, 2.24) is 4.90 Å². The van der Waals surface area contributed by atoms with E-state index in [9.17, 15) is 9.59 Å². The summed E-state index contributed by atoms with van der Waals surface area (Å²) in [6, 6.07) is 3.25. The van der Waals surface area contributed by atoms with E-state index in [2.05, 4.69) is 5.32 Å². The number of hydrogen-bond donors (Lipinski definition) is 1. The molecule has 2 amide bonds. The van der Waals surface area contributed by atoms with Gasteiger partial charge in [-0.05, 0) is 0 Å². The number of amides is 2. The monoisotopic (exact) mass is 328 g/mol. The van der Waals surface area contributed by atoms with Crippen LogP contribution in [0.5, 0.6) is 11.5 Å². The van der Waals surface area contributed by atoms with Gasteiger partial charge in [-0.3, -0.25) is 9.59 Å². The second-order valence-electron chi connectivity index (χ2n) is 4.59. The average molecular weight is 329 g/mol. The molecule has 0 aromatic heterocycles. The van der Waals surface area contributed by atoms with Gasteiger partial charge in [-0.2, -0.15) is 0 Å². The number of carbonyl (C=O) groups excluding carboxylic acids is 2. The predicted molar refractivity (Wildman–Crippen MR) is 80.1 cm³/mol. The highest BCUT2D eigenvalue weighted by atomic mass is 35.5. The Kier molecular flexibility index (Phi) is 4.12. The molecule has 0 aliphatic carbocycles. The molecule has 0 saturated carbocycles. The van der Waals surface area contributed by atoms with Crippen LogP contribution in [-0.2, 0) is 9.59 Å². The fraction of sp³-hybridized carbons (Fsp3) is 0.385. The van der Waals surface area contributed by atoms with Gasteiger partial charge in [-0.25, -0.2) is 0 Å². The lowest BCUT2D eigenvalue weighted by Crippen LogP contribution is -2.34. The van der Waals surface area contributed by atoms with E-state index in [0.29, 0.717) is 47.1 Å². The number of ether oxygens (including phenoxy) is 2. The first-order chi connectivity index (χ1) is 10.1. The zero-order valence-corrected chi connectivity index (χ0v) is 12.6. The maximum atomic E-state index is 12.0. The fourth-order valence-corrected chi connectivity index (χ4v) is 3.17. The summed E-state index contributed by atoms with van der Waals surface area (Å²) in [6.07, 6.45) is 0. The van der Waals surface area contributed by atoms with Crippen LogP contribution in [-0.4, -0.2) is 48.1 Å². The Bertz CT molecular complexity index is 596. The van der Waals surface area contributed by atoms with Crippen LogP contribution in [0.4, 0.5) is 5.69 Å². The van der Waals surface area contributed by atoms with Crippen molar-refractivity contribution < 1.29 is 19.1 Å². The maximum Gasteiger partial charge on any atom is 0.244 e. The molecule has 2 aliphatic heterocycles. The molecule has 1 N–H and O–H groups in total. The van der Waals surface area contributed by atoms with Crippen LogP contribution < -0.4 is 14.8 Å². The number of hydrogen-bond acceptors (Lipinski definition) is 5. The number of rotatable bonds is 3. The van der Waals surface area contributed by atoms with Crippen LogP contribution in [0.3, 0.4) is 0 Å². The van der Waals surface area contributed by atoms with E-state index in [1.54, 1.807) is 12.1 Å². The van der Waals surface area contributed by atoms with Gasteiger partial charge in [0, 0.05) is 12.1 Å². The van der Waals surface area contributed by atoms with Crippen LogP contribution in [0.2, 0.25) is 5.02 Å². The van der Waals surface area contributed by atoms with Gasteiger partial charge < -0.3 is 19.7 Å². The Morgan fingerprint density at radius 3 is 2.71 bits per heavy atom. The van der Waals surface area contributed by atoms with E-state index in [0.717, 1.165) is 0 Å². The van der Waals surface area contributed by atoms with E-state index < -0.39 is 0 Å². The molecule has 1 aromatic carbocycles. The third kappa shape index (κ3) is 3.19. The SMILES string of the molecule is O=C(CN1CSCC1=O)Nc1cc2c(cc1Cl)OCCO2. The minimum Gasteiger partial charge on any atom is -0.486 e. The van der Waals surface area contributed by atoms with Gasteiger partial charge in [0.2, 0.25) is 11.8 Å². The van der Waals surface area contributed by atoms with Crippen molar-refractivity contribution in [3.05, 3.63) is 17.2 Å².